The van der Waals surface area contributed by atoms with Gasteiger partial charge in [-0.25, -0.2) is 4.79 Å². The van der Waals surface area contributed by atoms with Gasteiger partial charge in [0.15, 0.2) is 5.78 Å². The van der Waals surface area contributed by atoms with E-state index < -0.39 is 12.0 Å². The number of aliphatic carboxylic acids is 1. The molecule has 7 nitrogen and oxygen atoms in total. The zero-order valence-electron chi connectivity index (χ0n) is 25.1. The van der Waals surface area contributed by atoms with E-state index in [1.807, 2.05) is 71.4 Å². The van der Waals surface area contributed by atoms with E-state index >= 15 is 0 Å². The van der Waals surface area contributed by atoms with Gasteiger partial charge in [-0.3, -0.25) is 9.59 Å². The quantitative estimate of drug-likeness (QED) is 0.0938. The van der Waals surface area contributed by atoms with Gasteiger partial charge in [-0.05, 0) is 63.9 Å². The largest absolute Gasteiger partial charge is 0.492 e. The summed E-state index contributed by atoms with van der Waals surface area (Å²) in [6.07, 6.45) is 3.59. The topological polar surface area (TPSA) is 95.9 Å². The average molecular weight is 631 g/mol. The Morgan fingerprint density at radius 2 is 1.52 bits per heavy atom. The van der Waals surface area contributed by atoms with Gasteiger partial charge in [0.1, 0.15) is 18.4 Å². The smallest absolute Gasteiger partial charge is 0.326 e. The van der Waals surface area contributed by atoms with Gasteiger partial charge in [0.05, 0.1) is 6.54 Å². The minimum Gasteiger partial charge on any atom is -0.492 e. The van der Waals surface area contributed by atoms with Crippen molar-refractivity contribution in [3.8, 4) is 5.75 Å². The number of amides is 1. The van der Waals surface area contributed by atoms with Gasteiger partial charge in [-0.15, -0.1) is 0 Å². The third kappa shape index (κ3) is 9.03. The van der Waals surface area contributed by atoms with Crippen molar-refractivity contribution in [3.05, 3.63) is 160 Å². The number of nitrogens with zero attached hydrogens (tertiary/aromatic N) is 1. The molecule has 0 radical (unpaired) electrons. The number of thiophene rings is 1. The molecular formula is C38H34N2O5S. The molecule has 1 heterocycles. The second-order valence-electron chi connectivity index (χ2n) is 10.6. The van der Waals surface area contributed by atoms with Crippen LogP contribution in [0.3, 0.4) is 0 Å². The first-order valence-electron chi connectivity index (χ1n) is 14.9. The fraction of sp³-hybridized carbons (Fsp3) is 0.132. The zero-order chi connectivity index (χ0) is 32.1. The number of ether oxygens (including phenoxy) is 1. The van der Waals surface area contributed by atoms with E-state index in [9.17, 15) is 19.5 Å². The van der Waals surface area contributed by atoms with Crippen LogP contribution < -0.4 is 10.1 Å². The molecule has 1 aromatic heterocycles. The van der Waals surface area contributed by atoms with Gasteiger partial charge < -0.3 is 20.1 Å². The van der Waals surface area contributed by atoms with Gasteiger partial charge >= 0.3 is 5.97 Å². The summed E-state index contributed by atoms with van der Waals surface area (Å²) in [5, 5.41) is 17.0. The molecule has 0 aliphatic carbocycles. The average Bonchev–Trinajstić information content (AvgIpc) is 3.62. The number of carbonyl (C=O) groups excluding carboxylic acids is 2. The Hall–Kier alpha value is -5.47. The summed E-state index contributed by atoms with van der Waals surface area (Å²) in [7, 11) is 0. The lowest BCUT2D eigenvalue weighted by molar-refractivity contribution is -0.137. The summed E-state index contributed by atoms with van der Waals surface area (Å²) < 4.78 is 5.98. The predicted molar refractivity (Wildman–Crippen MR) is 182 cm³/mol. The fourth-order valence-corrected chi connectivity index (χ4v) is 5.51. The second-order valence-corrected chi connectivity index (χ2v) is 11.4. The molecule has 1 amide bonds. The van der Waals surface area contributed by atoms with Crippen molar-refractivity contribution < 1.29 is 24.2 Å². The molecule has 0 bridgehead atoms. The van der Waals surface area contributed by atoms with Crippen LogP contribution in [0.4, 0.5) is 5.69 Å². The van der Waals surface area contributed by atoms with Gasteiger partial charge in [-0.1, -0.05) is 84.9 Å². The third-order valence-corrected chi connectivity index (χ3v) is 8.02. The molecule has 0 aliphatic heterocycles. The number of anilines is 1. The number of carbonyl (C=O) groups is 3. The van der Waals surface area contributed by atoms with Crippen molar-refractivity contribution in [3.63, 3.8) is 0 Å². The summed E-state index contributed by atoms with van der Waals surface area (Å²) >= 11 is 1.58. The molecule has 8 heteroatoms. The highest BCUT2D eigenvalue weighted by molar-refractivity contribution is 7.08. The maximum absolute atomic E-state index is 13.1. The van der Waals surface area contributed by atoms with Crippen molar-refractivity contribution in [2.45, 2.75) is 19.0 Å². The first kappa shape index (κ1) is 31.9. The molecule has 0 unspecified atom stereocenters. The molecule has 2 N–H and O–H groups in total. The summed E-state index contributed by atoms with van der Waals surface area (Å²) in [5.41, 5.74) is 4.20. The van der Waals surface area contributed by atoms with Crippen molar-refractivity contribution in [1.29, 1.82) is 0 Å². The van der Waals surface area contributed by atoms with Crippen LogP contribution in [0, 0.1) is 0 Å². The van der Waals surface area contributed by atoms with E-state index in [0.29, 0.717) is 35.7 Å². The molecule has 0 fully saturated rings. The molecule has 0 aliphatic rings. The van der Waals surface area contributed by atoms with E-state index in [1.54, 1.807) is 83.0 Å². The van der Waals surface area contributed by atoms with E-state index in [1.165, 1.54) is 0 Å². The minimum atomic E-state index is -1.03. The SMILES string of the molecule is O=C(c1ccccc1)c1ccccc1N[C@@H](Cc1ccc(OCCN(Cc2ccccc2)C(=O)C=Cc2ccsc2)cc1)C(=O)O. The van der Waals surface area contributed by atoms with Crippen LogP contribution in [0.5, 0.6) is 5.75 Å². The number of benzene rings is 4. The molecule has 1 atom stereocenters. The molecular weight excluding hydrogens is 596 g/mol. The Morgan fingerprint density at radius 1 is 0.826 bits per heavy atom. The zero-order valence-corrected chi connectivity index (χ0v) is 25.9. The van der Waals surface area contributed by atoms with Gasteiger partial charge in [0, 0.05) is 35.9 Å². The molecule has 46 heavy (non-hydrogen) atoms. The van der Waals surface area contributed by atoms with Crippen LogP contribution in [-0.2, 0) is 22.6 Å². The van der Waals surface area contributed by atoms with Crippen molar-refractivity contribution >= 4 is 40.8 Å². The number of para-hydroxylation sites is 1. The molecule has 5 rings (SSSR count). The first-order chi connectivity index (χ1) is 22.5. The van der Waals surface area contributed by atoms with Crippen LogP contribution in [-0.4, -0.2) is 46.9 Å². The monoisotopic (exact) mass is 630 g/mol. The Morgan fingerprint density at radius 3 is 2.22 bits per heavy atom. The van der Waals surface area contributed by atoms with Crippen molar-refractivity contribution in [2.24, 2.45) is 0 Å². The van der Waals surface area contributed by atoms with Gasteiger partial charge in [0.2, 0.25) is 5.91 Å². The fourth-order valence-electron chi connectivity index (χ4n) is 4.88. The summed E-state index contributed by atoms with van der Waals surface area (Å²) in [5.74, 6) is -0.702. The van der Waals surface area contributed by atoms with Crippen LogP contribution in [0.25, 0.3) is 6.08 Å². The Kier molecular flexibility index (Phi) is 11.1. The minimum absolute atomic E-state index is 0.103. The maximum atomic E-state index is 13.1. The number of nitrogens with one attached hydrogen (secondary N) is 1. The third-order valence-electron chi connectivity index (χ3n) is 7.32. The van der Waals surface area contributed by atoms with Crippen LogP contribution in [0.15, 0.2) is 132 Å². The van der Waals surface area contributed by atoms with Crippen LogP contribution in [0.2, 0.25) is 0 Å². The number of carboxylic acid groups (broad SMARTS) is 1. The predicted octanol–water partition coefficient (Wildman–Crippen LogP) is 7.21. The standard InChI is InChI=1S/C38H34N2O5S/c41-36(20-17-30-21-24-46-27-30)40(26-29-9-3-1-4-10-29)22-23-45-32-18-15-28(16-19-32)25-35(38(43)44)39-34-14-8-7-13-33(34)37(42)31-11-5-2-6-12-31/h1-21,24,27,35,39H,22-23,25-26H2,(H,43,44)/t35-/m0/s1. The Labute approximate surface area is 272 Å². The lowest BCUT2D eigenvalue weighted by Crippen LogP contribution is -2.33. The second kappa shape index (κ2) is 16.0. The number of hydrogen-bond acceptors (Lipinski definition) is 6. The van der Waals surface area contributed by atoms with Gasteiger partial charge in [0.25, 0.3) is 0 Å². The molecule has 0 saturated carbocycles. The van der Waals surface area contributed by atoms with Gasteiger partial charge in [-0.2, -0.15) is 11.3 Å². The number of hydrogen-bond donors (Lipinski definition) is 2. The summed E-state index contributed by atoms with van der Waals surface area (Å²) in [6.45, 7) is 1.13. The summed E-state index contributed by atoms with van der Waals surface area (Å²) in [4.78, 5) is 40.2. The Bertz CT molecular complexity index is 1750. The van der Waals surface area contributed by atoms with Crippen LogP contribution >= 0.6 is 11.3 Å². The summed E-state index contributed by atoms with van der Waals surface area (Å²) in [6, 6.07) is 33.9. The molecule has 4 aromatic carbocycles. The lowest BCUT2D eigenvalue weighted by Gasteiger charge is -2.22. The first-order valence-corrected chi connectivity index (χ1v) is 15.8. The number of ketones is 1. The van der Waals surface area contributed by atoms with E-state index in [2.05, 4.69) is 5.32 Å². The normalized spacial score (nSPS) is 11.6. The molecule has 5 aromatic rings. The van der Waals surface area contributed by atoms with E-state index in [4.69, 9.17) is 4.74 Å². The highest BCUT2D eigenvalue weighted by Gasteiger charge is 2.21. The molecule has 0 spiro atoms. The number of carboxylic acids is 1. The highest BCUT2D eigenvalue weighted by atomic mass is 32.1. The lowest BCUT2D eigenvalue weighted by atomic mass is 10.00. The molecule has 232 valence electrons. The van der Waals surface area contributed by atoms with Crippen molar-refractivity contribution in [1.82, 2.24) is 4.90 Å². The highest BCUT2D eigenvalue weighted by Crippen LogP contribution is 2.22. The van der Waals surface area contributed by atoms with E-state index in [-0.39, 0.29) is 24.7 Å². The molecule has 0 saturated heterocycles. The maximum Gasteiger partial charge on any atom is 0.326 e. The number of rotatable bonds is 15. The van der Waals surface area contributed by atoms with Crippen molar-refractivity contribution in [2.75, 3.05) is 18.5 Å². The van der Waals surface area contributed by atoms with E-state index in [0.717, 1.165) is 16.7 Å². The van der Waals surface area contributed by atoms with Crippen LogP contribution in [0.1, 0.15) is 32.6 Å². The Balaban J connectivity index is 1.19.